The number of likely N-dealkylation sites (N-methyl/N-ethyl adjacent to an activating group) is 1. The third-order valence-corrected chi connectivity index (χ3v) is 6.37. The van der Waals surface area contributed by atoms with Gasteiger partial charge in [0.05, 0.1) is 6.54 Å². The Kier molecular flexibility index (Phi) is 9.07. The van der Waals surface area contributed by atoms with Crippen molar-refractivity contribution in [3.63, 3.8) is 0 Å². The first-order valence-electron chi connectivity index (χ1n) is 9.13. The Morgan fingerprint density at radius 2 is 1.83 bits per heavy atom. The van der Waals surface area contributed by atoms with Crippen LogP contribution in [0.1, 0.15) is 6.42 Å². The third-order valence-electron chi connectivity index (χ3n) is 4.22. The van der Waals surface area contributed by atoms with Crippen LogP contribution in [-0.4, -0.2) is 57.5 Å². The zero-order valence-electron chi connectivity index (χ0n) is 16.7. The van der Waals surface area contributed by atoms with E-state index in [4.69, 9.17) is 4.74 Å². The normalized spacial score (nSPS) is 12.4. The summed E-state index contributed by atoms with van der Waals surface area (Å²) in [5.74, 6) is -0.727. The Balaban J connectivity index is 2.02. The van der Waals surface area contributed by atoms with Crippen molar-refractivity contribution in [3.05, 3.63) is 60.2 Å². The molecule has 0 radical (unpaired) electrons. The minimum Gasteiger partial charge on any atom is -0.492 e. The molecule has 0 aliphatic carbocycles. The molecule has 0 fully saturated rings. The average Bonchev–Trinajstić information content (AvgIpc) is 2.72. The molecule has 0 aliphatic rings. The highest BCUT2D eigenvalue weighted by Crippen LogP contribution is 2.16. The first-order valence-corrected chi connectivity index (χ1v) is 12.0. The molecule has 0 spiro atoms. The van der Waals surface area contributed by atoms with Crippen LogP contribution in [0, 0.1) is 11.6 Å². The van der Waals surface area contributed by atoms with Crippen LogP contribution >= 0.6 is 11.8 Å². The molecule has 1 amide bonds. The van der Waals surface area contributed by atoms with Gasteiger partial charge in [0.25, 0.3) is 0 Å². The van der Waals surface area contributed by atoms with Gasteiger partial charge in [-0.05, 0) is 54.8 Å². The maximum Gasteiger partial charge on any atom is 0.244 e. The number of nitrogens with one attached hydrogen (secondary N) is 1. The fraction of sp³-hybridized carbons (Fsp3) is 0.350. The minimum absolute atomic E-state index is 0.142. The van der Waals surface area contributed by atoms with Crippen molar-refractivity contribution >= 4 is 27.7 Å². The summed E-state index contributed by atoms with van der Waals surface area (Å²) in [6.45, 7) is 0.330. The molecule has 1 atom stereocenters. The average molecular weight is 459 g/mol. The smallest absolute Gasteiger partial charge is 0.244 e. The van der Waals surface area contributed by atoms with E-state index in [2.05, 4.69) is 4.72 Å². The standard InChI is InChI=1S/C20H24F2N2O4S2/c1-24(12-13-28-16-9-7-15(21)8-10-16)20(25)18(11-14-29-2)23-30(26,27)19-6-4-3-5-17(19)22/h3-10,18,23H,11-14H2,1-2H3. The van der Waals surface area contributed by atoms with Gasteiger partial charge in [-0.25, -0.2) is 17.2 Å². The Hall–Kier alpha value is -2.17. The van der Waals surface area contributed by atoms with E-state index in [1.54, 1.807) is 0 Å². The molecule has 2 aromatic carbocycles. The number of benzene rings is 2. The molecule has 0 bridgehead atoms. The van der Waals surface area contributed by atoms with E-state index >= 15 is 0 Å². The molecule has 0 aromatic heterocycles. The molecule has 30 heavy (non-hydrogen) atoms. The third kappa shape index (κ3) is 6.96. The Morgan fingerprint density at radius 3 is 2.47 bits per heavy atom. The Morgan fingerprint density at radius 1 is 1.17 bits per heavy atom. The van der Waals surface area contributed by atoms with E-state index in [-0.39, 0.29) is 25.4 Å². The second-order valence-electron chi connectivity index (χ2n) is 6.45. The molecule has 1 N–H and O–H groups in total. The number of ether oxygens (including phenoxy) is 1. The van der Waals surface area contributed by atoms with Crippen LogP contribution in [0.2, 0.25) is 0 Å². The van der Waals surface area contributed by atoms with Crippen LogP contribution in [0.4, 0.5) is 8.78 Å². The van der Waals surface area contributed by atoms with Gasteiger partial charge in [-0.2, -0.15) is 16.5 Å². The lowest BCUT2D eigenvalue weighted by Crippen LogP contribution is -2.48. The number of amides is 1. The minimum atomic E-state index is -4.22. The van der Waals surface area contributed by atoms with Crippen molar-refractivity contribution in [2.45, 2.75) is 17.4 Å². The predicted molar refractivity (Wildman–Crippen MR) is 113 cm³/mol. The molecular weight excluding hydrogens is 434 g/mol. The van der Waals surface area contributed by atoms with Crippen LogP contribution in [0.15, 0.2) is 53.4 Å². The van der Waals surface area contributed by atoms with Gasteiger partial charge in [0.1, 0.15) is 34.9 Å². The molecule has 2 aromatic rings. The quantitative estimate of drug-likeness (QED) is 0.561. The number of halogens is 2. The van der Waals surface area contributed by atoms with E-state index in [0.717, 1.165) is 12.1 Å². The molecule has 0 saturated carbocycles. The number of hydrogen-bond donors (Lipinski definition) is 1. The number of carbonyl (C=O) groups is 1. The fourth-order valence-corrected chi connectivity index (χ4v) is 4.36. The molecular formula is C20H24F2N2O4S2. The highest BCUT2D eigenvalue weighted by molar-refractivity contribution is 7.98. The van der Waals surface area contributed by atoms with Crippen molar-refractivity contribution in [1.29, 1.82) is 0 Å². The predicted octanol–water partition coefficient (Wildman–Crippen LogP) is 2.90. The van der Waals surface area contributed by atoms with E-state index in [0.29, 0.717) is 11.5 Å². The molecule has 0 aliphatic heterocycles. The second kappa shape index (κ2) is 11.3. The summed E-state index contributed by atoms with van der Waals surface area (Å²) < 4.78 is 59.9. The van der Waals surface area contributed by atoms with Crippen molar-refractivity contribution < 1.29 is 26.7 Å². The van der Waals surface area contributed by atoms with Gasteiger partial charge >= 0.3 is 0 Å². The Bertz CT molecular complexity index is 940. The second-order valence-corrected chi connectivity index (χ2v) is 9.12. The van der Waals surface area contributed by atoms with Gasteiger partial charge in [-0.15, -0.1) is 0 Å². The summed E-state index contributed by atoms with van der Waals surface area (Å²) in [4.78, 5) is 13.7. The van der Waals surface area contributed by atoms with Crippen molar-refractivity contribution in [2.24, 2.45) is 0 Å². The van der Waals surface area contributed by atoms with Gasteiger partial charge in [-0.1, -0.05) is 12.1 Å². The molecule has 0 heterocycles. The van der Waals surface area contributed by atoms with Gasteiger partial charge in [-0.3, -0.25) is 4.79 Å². The van der Waals surface area contributed by atoms with Crippen LogP contribution in [0.3, 0.4) is 0 Å². The maximum atomic E-state index is 13.9. The fourth-order valence-electron chi connectivity index (χ4n) is 2.59. The summed E-state index contributed by atoms with van der Waals surface area (Å²) in [5.41, 5.74) is 0. The SMILES string of the molecule is CSCCC(NS(=O)(=O)c1ccccc1F)C(=O)N(C)CCOc1ccc(F)cc1. The maximum absolute atomic E-state index is 13.9. The summed E-state index contributed by atoms with van der Waals surface area (Å²) in [6.07, 6.45) is 2.09. The van der Waals surface area contributed by atoms with Gasteiger partial charge in [0, 0.05) is 7.05 Å². The molecule has 6 nitrogen and oxygen atoms in total. The largest absolute Gasteiger partial charge is 0.492 e. The van der Waals surface area contributed by atoms with Gasteiger partial charge in [0.15, 0.2) is 0 Å². The summed E-state index contributed by atoms with van der Waals surface area (Å²) >= 11 is 1.47. The van der Waals surface area contributed by atoms with E-state index in [1.165, 1.54) is 60.1 Å². The van der Waals surface area contributed by atoms with Crippen LogP contribution in [0.5, 0.6) is 5.75 Å². The van der Waals surface area contributed by atoms with Gasteiger partial charge < -0.3 is 9.64 Å². The molecule has 10 heteroatoms. The van der Waals surface area contributed by atoms with Crippen LogP contribution < -0.4 is 9.46 Å². The first-order chi connectivity index (χ1) is 14.2. The monoisotopic (exact) mass is 458 g/mol. The summed E-state index contributed by atoms with van der Waals surface area (Å²) in [5, 5.41) is 0. The zero-order valence-corrected chi connectivity index (χ0v) is 18.3. The number of rotatable bonds is 11. The Labute approximate surface area is 179 Å². The van der Waals surface area contributed by atoms with Crippen molar-refractivity contribution in [1.82, 2.24) is 9.62 Å². The summed E-state index contributed by atoms with van der Waals surface area (Å²) in [7, 11) is -2.69. The zero-order chi connectivity index (χ0) is 22.1. The number of carbonyl (C=O) groups excluding carboxylic acids is 1. The lowest BCUT2D eigenvalue weighted by molar-refractivity contribution is -0.132. The van der Waals surface area contributed by atoms with E-state index < -0.39 is 32.7 Å². The topological polar surface area (TPSA) is 75.7 Å². The van der Waals surface area contributed by atoms with E-state index in [1.807, 2.05) is 6.26 Å². The number of nitrogens with zero attached hydrogens (tertiary/aromatic N) is 1. The molecule has 1 unspecified atom stereocenters. The van der Waals surface area contributed by atoms with E-state index in [9.17, 15) is 22.0 Å². The number of hydrogen-bond acceptors (Lipinski definition) is 5. The van der Waals surface area contributed by atoms with Crippen molar-refractivity contribution in [3.8, 4) is 5.75 Å². The van der Waals surface area contributed by atoms with Crippen LogP contribution in [-0.2, 0) is 14.8 Å². The lowest BCUT2D eigenvalue weighted by atomic mass is 10.2. The highest BCUT2D eigenvalue weighted by atomic mass is 32.2. The van der Waals surface area contributed by atoms with Crippen molar-refractivity contribution in [2.75, 3.05) is 32.2 Å². The summed E-state index contributed by atoms with van der Waals surface area (Å²) in [6, 6.07) is 9.43. The molecule has 2 rings (SSSR count). The van der Waals surface area contributed by atoms with Gasteiger partial charge in [0.2, 0.25) is 15.9 Å². The molecule has 0 saturated heterocycles. The molecule has 164 valence electrons. The number of sulfonamides is 1. The highest BCUT2D eigenvalue weighted by Gasteiger charge is 2.29. The first kappa shape index (κ1) is 24.1. The number of thioether (sulfide) groups is 1. The lowest BCUT2D eigenvalue weighted by Gasteiger charge is -2.24. The van der Waals surface area contributed by atoms with Crippen LogP contribution in [0.25, 0.3) is 0 Å².